The molecule has 1 heterocycles. The van der Waals surface area contributed by atoms with Crippen LogP contribution in [0, 0.1) is 0 Å². The fourth-order valence-corrected chi connectivity index (χ4v) is 0.859. The van der Waals surface area contributed by atoms with Crippen molar-refractivity contribution >= 4 is 5.71 Å². The van der Waals surface area contributed by atoms with Crippen molar-refractivity contribution in [2.75, 3.05) is 0 Å². The Kier molecular flexibility index (Phi) is 3.64. The van der Waals surface area contributed by atoms with Crippen molar-refractivity contribution in [3.8, 4) is 0 Å². The highest BCUT2D eigenvalue weighted by molar-refractivity contribution is 5.97. The summed E-state index contributed by atoms with van der Waals surface area (Å²) in [7, 11) is 0. The first kappa shape index (κ1) is 9.39. The Bertz CT molecular complexity index is 323. The molecule has 0 spiro atoms. The third-order valence-corrected chi connectivity index (χ3v) is 1.53. The Hall–Kier alpha value is -1.70. The van der Waals surface area contributed by atoms with E-state index in [2.05, 4.69) is 16.6 Å². The van der Waals surface area contributed by atoms with E-state index in [4.69, 9.17) is 0 Å². The highest BCUT2D eigenvalue weighted by Crippen LogP contribution is 1.96. The van der Waals surface area contributed by atoms with Gasteiger partial charge in [0, 0.05) is 12.4 Å². The molecule has 66 valence electrons. The third-order valence-electron chi connectivity index (χ3n) is 1.53. The van der Waals surface area contributed by atoms with Crippen LogP contribution in [0.2, 0.25) is 0 Å². The van der Waals surface area contributed by atoms with Crippen LogP contribution in [0.25, 0.3) is 0 Å². The molecule has 1 aromatic rings. The largest absolute Gasteiger partial charge is 0.259 e. The topological polar surface area (TPSA) is 25.2 Å². The lowest BCUT2D eigenvalue weighted by atomic mass is 10.2. The molecule has 0 aliphatic carbocycles. The second-order valence-corrected chi connectivity index (χ2v) is 2.51. The average molecular weight is 172 g/mol. The maximum atomic E-state index is 4.19. The molecule has 0 aromatic carbocycles. The van der Waals surface area contributed by atoms with E-state index in [0.29, 0.717) is 0 Å². The Morgan fingerprint density at radius 3 is 3.00 bits per heavy atom. The van der Waals surface area contributed by atoms with E-state index in [9.17, 15) is 0 Å². The second-order valence-electron chi connectivity index (χ2n) is 2.51. The number of aliphatic imine (C=N–C) groups is 1. The fourth-order valence-electron chi connectivity index (χ4n) is 0.859. The molecule has 0 aliphatic rings. The van der Waals surface area contributed by atoms with Gasteiger partial charge in [0.1, 0.15) is 0 Å². The van der Waals surface area contributed by atoms with Crippen molar-refractivity contribution < 1.29 is 0 Å². The summed E-state index contributed by atoms with van der Waals surface area (Å²) in [5.74, 6) is 0. The van der Waals surface area contributed by atoms with Crippen molar-refractivity contribution in [1.82, 2.24) is 4.98 Å². The van der Waals surface area contributed by atoms with Crippen LogP contribution in [0.15, 0.2) is 54.3 Å². The van der Waals surface area contributed by atoms with Crippen molar-refractivity contribution in [3.05, 3.63) is 55.0 Å². The molecule has 0 aliphatic heterocycles. The molecule has 0 radical (unpaired) electrons. The van der Waals surface area contributed by atoms with Crippen LogP contribution >= 0.6 is 0 Å². The summed E-state index contributed by atoms with van der Waals surface area (Å²) in [6.45, 7) is 5.48. The van der Waals surface area contributed by atoms with Gasteiger partial charge in [0.25, 0.3) is 0 Å². The Morgan fingerprint density at radius 1 is 1.54 bits per heavy atom. The monoisotopic (exact) mass is 172 g/mol. The summed E-state index contributed by atoms with van der Waals surface area (Å²) in [6.07, 6.45) is 6.93. The van der Waals surface area contributed by atoms with Crippen LogP contribution in [-0.4, -0.2) is 10.7 Å². The van der Waals surface area contributed by atoms with E-state index in [1.54, 1.807) is 24.5 Å². The van der Waals surface area contributed by atoms with Crippen molar-refractivity contribution in [2.24, 2.45) is 4.99 Å². The maximum absolute atomic E-state index is 4.19. The number of aromatic nitrogens is 1. The average Bonchev–Trinajstić information content (AvgIpc) is 2.19. The normalized spacial score (nSPS) is 11.9. The minimum Gasteiger partial charge on any atom is -0.259 e. The van der Waals surface area contributed by atoms with E-state index < -0.39 is 0 Å². The minimum absolute atomic E-state index is 0.899. The zero-order valence-corrected chi connectivity index (χ0v) is 7.64. The van der Waals surface area contributed by atoms with Gasteiger partial charge in [-0.2, -0.15) is 0 Å². The molecule has 2 heteroatoms. The van der Waals surface area contributed by atoms with Crippen molar-refractivity contribution in [2.45, 2.75) is 6.92 Å². The molecule has 0 saturated carbocycles. The Balaban J connectivity index is 2.79. The summed E-state index contributed by atoms with van der Waals surface area (Å²) >= 11 is 0. The molecule has 0 bridgehead atoms. The van der Waals surface area contributed by atoms with E-state index in [1.165, 1.54) is 0 Å². The standard InChI is InChI=1S/C11H12N2/c1-3-4-8-12-10(2)11-7-5-6-9-13-11/h3-9H,1H2,2H3/b8-4-,12-10?. The number of pyridine rings is 1. The summed E-state index contributed by atoms with van der Waals surface area (Å²) in [6, 6.07) is 5.76. The molecule has 1 aromatic heterocycles. The quantitative estimate of drug-likeness (QED) is 0.508. The van der Waals surface area contributed by atoms with E-state index >= 15 is 0 Å². The van der Waals surface area contributed by atoms with Gasteiger partial charge in [0.05, 0.1) is 11.4 Å². The predicted octanol–water partition coefficient (Wildman–Crippen LogP) is 2.59. The lowest BCUT2D eigenvalue weighted by Crippen LogP contribution is -1.95. The molecule has 0 saturated heterocycles. The number of hydrogen-bond donors (Lipinski definition) is 0. The molecule has 0 atom stereocenters. The zero-order chi connectivity index (χ0) is 9.52. The molecular weight excluding hydrogens is 160 g/mol. The van der Waals surface area contributed by atoms with Gasteiger partial charge in [0.15, 0.2) is 0 Å². The number of rotatable bonds is 3. The number of nitrogens with zero attached hydrogens (tertiary/aromatic N) is 2. The first-order valence-corrected chi connectivity index (χ1v) is 4.08. The SMILES string of the molecule is C=C/C=C\N=C(C)c1ccccn1. The van der Waals surface area contributed by atoms with Gasteiger partial charge in [-0.1, -0.05) is 18.7 Å². The molecular formula is C11H12N2. The van der Waals surface area contributed by atoms with Crippen LogP contribution in [0.3, 0.4) is 0 Å². The van der Waals surface area contributed by atoms with E-state index in [0.717, 1.165) is 11.4 Å². The van der Waals surface area contributed by atoms with Crippen LogP contribution < -0.4 is 0 Å². The minimum atomic E-state index is 0.899. The Labute approximate surface area is 78.4 Å². The number of allylic oxidation sites excluding steroid dienone is 2. The second kappa shape index (κ2) is 5.04. The van der Waals surface area contributed by atoms with E-state index in [-0.39, 0.29) is 0 Å². The summed E-state index contributed by atoms with van der Waals surface area (Å²) in [5.41, 5.74) is 1.80. The molecule has 0 fully saturated rings. The smallest absolute Gasteiger partial charge is 0.0841 e. The predicted molar refractivity (Wildman–Crippen MR) is 55.8 cm³/mol. The van der Waals surface area contributed by atoms with E-state index in [1.807, 2.05) is 25.1 Å². The zero-order valence-electron chi connectivity index (χ0n) is 7.64. The lowest BCUT2D eigenvalue weighted by molar-refractivity contribution is 1.28. The first-order valence-electron chi connectivity index (χ1n) is 4.08. The van der Waals surface area contributed by atoms with Crippen LogP contribution in [0.4, 0.5) is 0 Å². The van der Waals surface area contributed by atoms with Gasteiger partial charge < -0.3 is 0 Å². The van der Waals surface area contributed by atoms with Gasteiger partial charge in [-0.15, -0.1) is 0 Å². The molecule has 0 amide bonds. The summed E-state index contributed by atoms with van der Waals surface area (Å²) in [5, 5.41) is 0. The van der Waals surface area contributed by atoms with Crippen LogP contribution in [0.1, 0.15) is 12.6 Å². The summed E-state index contributed by atoms with van der Waals surface area (Å²) < 4.78 is 0. The molecule has 13 heavy (non-hydrogen) atoms. The molecule has 0 unspecified atom stereocenters. The highest BCUT2D eigenvalue weighted by atomic mass is 14.8. The van der Waals surface area contributed by atoms with Crippen molar-refractivity contribution in [3.63, 3.8) is 0 Å². The Morgan fingerprint density at radius 2 is 2.38 bits per heavy atom. The fraction of sp³-hybridized carbons (Fsp3) is 0.0909. The van der Waals surface area contributed by atoms with Gasteiger partial charge in [-0.25, -0.2) is 0 Å². The van der Waals surface area contributed by atoms with Crippen LogP contribution in [-0.2, 0) is 0 Å². The third kappa shape index (κ3) is 3.03. The molecule has 0 N–H and O–H groups in total. The highest BCUT2D eigenvalue weighted by Gasteiger charge is 1.93. The first-order chi connectivity index (χ1) is 6.34. The van der Waals surface area contributed by atoms with Gasteiger partial charge in [-0.3, -0.25) is 9.98 Å². The van der Waals surface area contributed by atoms with Gasteiger partial charge in [-0.05, 0) is 25.1 Å². The molecule has 2 nitrogen and oxygen atoms in total. The lowest BCUT2D eigenvalue weighted by Gasteiger charge is -1.95. The van der Waals surface area contributed by atoms with Gasteiger partial charge >= 0.3 is 0 Å². The number of hydrogen-bond acceptors (Lipinski definition) is 2. The maximum Gasteiger partial charge on any atom is 0.0841 e. The summed E-state index contributed by atoms with van der Waals surface area (Å²) in [4.78, 5) is 8.35. The molecule has 1 rings (SSSR count). The van der Waals surface area contributed by atoms with Gasteiger partial charge in [0.2, 0.25) is 0 Å². The van der Waals surface area contributed by atoms with Crippen molar-refractivity contribution in [1.29, 1.82) is 0 Å². The van der Waals surface area contributed by atoms with Crippen LogP contribution in [0.5, 0.6) is 0 Å².